The molecule has 0 saturated heterocycles. The van der Waals surface area contributed by atoms with E-state index in [1.165, 1.54) is 0 Å². The molecule has 0 bridgehead atoms. The number of thiocarbonyl (C=S) groups is 1. The fraction of sp³-hybridized carbons (Fsp3) is 0.364. The van der Waals surface area contributed by atoms with Gasteiger partial charge in [0, 0.05) is 25.4 Å². The summed E-state index contributed by atoms with van der Waals surface area (Å²) in [5.74, 6) is 0.871. The fourth-order valence-electron chi connectivity index (χ4n) is 1.83. The Labute approximate surface area is 115 Å². The molecule has 2 aromatic rings. The first-order valence-electron chi connectivity index (χ1n) is 5.54. The van der Waals surface area contributed by atoms with Crippen LogP contribution in [0.15, 0.2) is 10.9 Å². The molecule has 0 atom stereocenters. The minimum absolute atomic E-state index is 0.372. The van der Waals surface area contributed by atoms with Crippen molar-refractivity contribution >= 4 is 34.4 Å². The third-order valence-corrected chi connectivity index (χ3v) is 3.47. The molecule has 0 aromatic carbocycles. The van der Waals surface area contributed by atoms with Crippen LogP contribution in [0.5, 0.6) is 0 Å². The third kappa shape index (κ3) is 2.68. The first-order valence-corrected chi connectivity index (χ1v) is 6.89. The highest BCUT2D eigenvalue weighted by Crippen LogP contribution is 2.18. The van der Waals surface area contributed by atoms with Gasteiger partial charge in [-0.05, 0) is 6.92 Å². The van der Waals surface area contributed by atoms with Gasteiger partial charge in [-0.15, -0.1) is 11.3 Å². The molecular weight excluding hydrogens is 266 g/mol. The molecule has 96 valence electrons. The monoisotopic (exact) mass is 281 g/mol. The molecule has 0 amide bonds. The van der Waals surface area contributed by atoms with E-state index in [2.05, 4.69) is 15.4 Å². The quantitative estimate of drug-likeness (QED) is 0.812. The number of nitrogens with one attached hydrogen (secondary N) is 1. The van der Waals surface area contributed by atoms with Crippen LogP contribution in [0, 0.1) is 6.92 Å². The first kappa shape index (κ1) is 13.0. The lowest BCUT2D eigenvalue weighted by Crippen LogP contribution is -2.16. The number of nitrogens with zero attached hydrogens (tertiary/aromatic N) is 3. The van der Waals surface area contributed by atoms with Gasteiger partial charge in [0.2, 0.25) is 0 Å². The van der Waals surface area contributed by atoms with Crippen LogP contribution >= 0.6 is 23.6 Å². The molecule has 0 unspecified atom stereocenters. The fourth-order valence-corrected chi connectivity index (χ4v) is 2.66. The van der Waals surface area contributed by atoms with Gasteiger partial charge in [0.05, 0.1) is 22.5 Å². The predicted octanol–water partition coefficient (Wildman–Crippen LogP) is 1.47. The Kier molecular flexibility index (Phi) is 3.93. The number of thiazole rings is 1. The number of nitrogens with two attached hydrogens (primary N) is 1. The summed E-state index contributed by atoms with van der Waals surface area (Å²) in [5, 5.41) is 9.69. The van der Waals surface area contributed by atoms with Crippen molar-refractivity contribution in [3.63, 3.8) is 0 Å². The zero-order chi connectivity index (χ0) is 13.1. The number of rotatable bonds is 5. The van der Waals surface area contributed by atoms with E-state index < -0.39 is 0 Å². The summed E-state index contributed by atoms with van der Waals surface area (Å²) in [4.78, 5) is 4.61. The van der Waals surface area contributed by atoms with Crippen LogP contribution < -0.4 is 11.1 Å². The van der Waals surface area contributed by atoms with Crippen molar-refractivity contribution in [1.82, 2.24) is 14.8 Å². The summed E-state index contributed by atoms with van der Waals surface area (Å²) in [6, 6.07) is 0. The summed E-state index contributed by atoms with van der Waals surface area (Å²) < 4.78 is 1.77. The maximum absolute atomic E-state index is 5.72. The van der Waals surface area contributed by atoms with Gasteiger partial charge in [0.25, 0.3) is 0 Å². The Morgan fingerprint density at radius 2 is 2.39 bits per heavy atom. The standard InChI is InChI=1S/C11H15N5S2/c1-7-9(10(12)17)11(16(2)15-7)13-4-3-8-5-18-6-14-8/h5-6,13H,3-4H2,1-2H3,(H2,12,17). The Balaban J connectivity index is 2.07. The minimum Gasteiger partial charge on any atom is -0.389 e. The summed E-state index contributed by atoms with van der Waals surface area (Å²) in [7, 11) is 1.87. The molecular formula is C11H15N5S2. The van der Waals surface area contributed by atoms with Crippen LogP contribution in [0.1, 0.15) is 17.0 Å². The maximum atomic E-state index is 5.72. The zero-order valence-corrected chi connectivity index (χ0v) is 11.9. The molecule has 0 spiro atoms. The van der Waals surface area contributed by atoms with Crippen molar-refractivity contribution in [3.8, 4) is 0 Å². The second-order valence-corrected chi connectivity index (χ2v) is 5.11. The molecule has 2 aromatic heterocycles. The van der Waals surface area contributed by atoms with Crippen molar-refractivity contribution in [3.05, 3.63) is 27.8 Å². The van der Waals surface area contributed by atoms with Crippen LogP contribution in [0.4, 0.5) is 5.82 Å². The zero-order valence-electron chi connectivity index (χ0n) is 10.3. The molecule has 0 radical (unpaired) electrons. The minimum atomic E-state index is 0.372. The summed E-state index contributed by atoms with van der Waals surface area (Å²) in [6.07, 6.45) is 0.866. The van der Waals surface area contributed by atoms with Gasteiger partial charge < -0.3 is 11.1 Å². The summed E-state index contributed by atoms with van der Waals surface area (Å²) in [6.45, 7) is 2.68. The maximum Gasteiger partial charge on any atom is 0.134 e. The van der Waals surface area contributed by atoms with Crippen LogP contribution in [-0.4, -0.2) is 26.3 Å². The highest BCUT2D eigenvalue weighted by atomic mass is 32.1. The molecule has 0 fully saturated rings. The van der Waals surface area contributed by atoms with Crippen LogP contribution in [0.3, 0.4) is 0 Å². The molecule has 0 aliphatic heterocycles. The van der Waals surface area contributed by atoms with E-state index in [-0.39, 0.29) is 0 Å². The van der Waals surface area contributed by atoms with Gasteiger partial charge in [-0.1, -0.05) is 12.2 Å². The van der Waals surface area contributed by atoms with E-state index in [0.717, 1.165) is 35.7 Å². The van der Waals surface area contributed by atoms with E-state index in [0.29, 0.717) is 4.99 Å². The molecule has 18 heavy (non-hydrogen) atoms. The number of aromatic nitrogens is 3. The lowest BCUT2D eigenvalue weighted by molar-refractivity contribution is 0.756. The molecule has 3 N–H and O–H groups in total. The highest BCUT2D eigenvalue weighted by Gasteiger charge is 2.14. The van der Waals surface area contributed by atoms with Crippen LogP contribution in [0.2, 0.25) is 0 Å². The van der Waals surface area contributed by atoms with Gasteiger partial charge in [-0.3, -0.25) is 4.68 Å². The molecule has 0 aliphatic rings. The highest BCUT2D eigenvalue weighted by molar-refractivity contribution is 7.80. The van der Waals surface area contributed by atoms with Crippen LogP contribution in [0.25, 0.3) is 0 Å². The first-order chi connectivity index (χ1) is 8.59. The summed E-state index contributed by atoms with van der Waals surface area (Å²) >= 11 is 6.66. The molecule has 0 aliphatic carbocycles. The smallest absolute Gasteiger partial charge is 0.134 e. The van der Waals surface area contributed by atoms with Gasteiger partial charge in [0.1, 0.15) is 10.8 Å². The van der Waals surface area contributed by atoms with E-state index in [1.54, 1.807) is 16.0 Å². The van der Waals surface area contributed by atoms with E-state index in [9.17, 15) is 0 Å². The van der Waals surface area contributed by atoms with Gasteiger partial charge in [-0.25, -0.2) is 4.98 Å². The normalized spacial score (nSPS) is 10.6. The molecule has 0 saturated carbocycles. The largest absolute Gasteiger partial charge is 0.389 e. The molecule has 2 rings (SSSR count). The van der Waals surface area contributed by atoms with E-state index in [4.69, 9.17) is 18.0 Å². The third-order valence-electron chi connectivity index (χ3n) is 2.63. The summed E-state index contributed by atoms with van der Waals surface area (Å²) in [5.41, 5.74) is 10.3. The number of hydrogen-bond donors (Lipinski definition) is 2. The number of hydrogen-bond acceptors (Lipinski definition) is 5. The molecule has 7 heteroatoms. The second kappa shape index (κ2) is 5.45. The SMILES string of the molecule is Cc1nn(C)c(NCCc2cscn2)c1C(N)=S. The average Bonchev–Trinajstić information content (AvgIpc) is 2.87. The van der Waals surface area contributed by atoms with E-state index >= 15 is 0 Å². The van der Waals surface area contributed by atoms with Crippen LogP contribution in [-0.2, 0) is 13.5 Å². The van der Waals surface area contributed by atoms with E-state index in [1.807, 2.05) is 24.9 Å². The number of aryl methyl sites for hydroxylation is 2. The van der Waals surface area contributed by atoms with Gasteiger partial charge in [0.15, 0.2) is 0 Å². The van der Waals surface area contributed by atoms with Gasteiger partial charge in [-0.2, -0.15) is 5.10 Å². The van der Waals surface area contributed by atoms with Crippen molar-refractivity contribution in [2.24, 2.45) is 12.8 Å². The second-order valence-electron chi connectivity index (χ2n) is 3.95. The Morgan fingerprint density at radius 1 is 1.61 bits per heavy atom. The van der Waals surface area contributed by atoms with Crippen molar-refractivity contribution in [2.45, 2.75) is 13.3 Å². The van der Waals surface area contributed by atoms with Gasteiger partial charge >= 0.3 is 0 Å². The lowest BCUT2D eigenvalue weighted by atomic mass is 10.2. The Hall–Kier alpha value is -1.47. The lowest BCUT2D eigenvalue weighted by Gasteiger charge is -2.08. The molecule has 5 nitrogen and oxygen atoms in total. The topological polar surface area (TPSA) is 68.8 Å². The Morgan fingerprint density at radius 3 is 3.00 bits per heavy atom. The van der Waals surface area contributed by atoms with Crippen molar-refractivity contribution in [1.29, 1.82) is 0 Å². The molecule has 2 heterocycles. The van der Waals surface area contributed by atoms with Crippen molar-refractivity contribution < 1.29 is 0 Å². The predicted molar refractivity (Wildman–Crippen MR) is 78.1 cm³/mol. The average molecular weight is 281 g/mol. The van der Waals surface area contributed by atoms with Crippen molar-refractivity contribution in [2.75, 3.05) is 11.9 Å². The number of anilines is 1. The Bertz CT molecular complexity index is 544.